The summed E-state index contributed by atoms with van der Waals surface area (Å²) in [6.45, 7) is 0.499. The predicted molar refractivity (Wildman–Crippen MR) is 86.2 cm³/mol. The third kappa shape index (κ3) is 2.94. The summed E-state index contributed by atoms with van der Waals surface area (Å²) >= 11 is 0. The Morgan fingerprint density at radius 3 is 2.65 bits per heavy atom. The monoisotopic (exact) mass is 313 g/mol. The molecule has 0 saturated carbocycles. The van der Waals surface area contributed by atoms with Crippen LogP contribution in [0.1, 0.15) is 5.56 Å². The molecule has 1 N–H and O–H groups in total. The van der Waals surface area contributed by atoms with E-state index in [1.807, 2.05) is 0 Å². The van der Waals surface area contributed by atoms with Crippen molar-refractivity contribution in [2.24, 2.45) is 0 Å². The average molecular weight is 313 g/mol. The zero-order valence-electron chi connectivity index (χ0n) is 12.5. The van der Waals surface area contributed by atoms with Crippen LogP contribution in [0.5, 0.6) is 5.75 Å². The van der Waals surface area contributed by atoms with Crippen LogP contribution in [0.2, 0.25) is 0 Å². The van der Waals surface area contributed by atoms with E-state index in [1.54, 1.807) is 42.3 Å². The van der Waals surface area contributed by atoms with E-state index in [1.165, 1.54) is 12.1 Å². The van der Waals surface area contributed by atoms with Gasteiger partial charge in [-0.25, -0.2) is 4.79 Å². The second kappa shape index (κ2) is 5.96. The molecule has 0 fully saturated rings. The predicted octanol–water partition coefficient (Wildman–Crippen LogP) is 3.20. The first-order valence-corrected chi connectivity index (χ1v) is 7.08. The number of nitro groups is 1. The summed E-state index contributed by atoms with van der Waals surface area (Å²) in [5.41, 5.74) is 2.22. The zero-order chi connectivity index (χ0) is 16.4. The van der Waals surface area contributed by atoms with Crippen molar-refractivity contribution in [3.8, 4) is 5.75 Å². The fourth-order valence-electron chi connectivity index (χ4n) is 2.58. The number of nitrogens with one attached hydrogen (secondary N) is 1. The van der Waals surface area contributed by atoms with Gasteiger partial charge >= 0.3 is 6.03 Å². The Labute approximate surface area is 132 Å². The molecular weight excluding hydrogens is 298 g/mol. The third-order valence-corrected chi connectivity index (χ3v) is 3.76. The summed E-state index contributed by atoms with van der Waals surface area (Å²) < 4.78 is 5.07. The number of hydrogen-bond acceptors (Lipinski definition) is 4. The van der Waals surface area contributed by atoms with E-state index in [2.05, 4.69) is 5.32 Å². The number of fused-ring (bicyclic) bond motifs is 1. The quantitative estimate of drug-likeness (QED) is 0.696. The van der Waals surface area contributed by atoms with Crippen LogP contribution in [-0.4, -0.2) is 24.6 Å². The number of anilines is 2. The van der Waals surface area contributed by atoms with Gasteiger partial charge in [-0.15, -0.1) is 0 Å². The van der Waals surface area contributed by atoms with Crippen LogP contribution in [0, 0.1) is 10.1 Å². The van der Waals surface area contributed by atoms with E-state index in [9.17, 15) is 14.9 Å². The fourth-order valence-corrected chi connectivity index (χ4v) is 2.58. The number of hydrogen-bond donors (Lipinski definition) is 1. The molecule has 2 aromatic rings. The molecule has 0 saturated heterocycles. The molecule has 0 aliphatic carbocycles. The Kier molecular flexibility index (Phi) is 3.84. The number of nitrogens with zero attached hydrogens (tertiary/aromatic N) is 2. The van der Waals surface area contributed by atoms with Gasteiger partial charge in [0.25, 0.3) is 5.69 Å². The lowest BCUT2D eigenvalue weighted by Crippen LogP contribution is -2.33. The minimum Gasteiger partial charge on any atom is -0.497 e. The molecular formula is C16H15N3O4. The second-order valence-electron chi connectivity index (χ2n) is 5.13. The van der Waals surface area contributed by atoms with Gasteiger partial charge < -0.3 is 10.1 Å². The van der Waals surface area contributed by atoms with E-state index >= 15 is 0 Å². The Hall–Kier alpha value is -3.09. The van der Waals surface area contributed by atoms with E-state index < -0.39 is 4.92 Å². The van der Waals surface area contributed by atoms with E-state index in [-0.39, 0.29) is 11.7 Å². The smallest absolute Gasteiger partial charge is 0.326 e. The van der Waals surface area contributed by atoms with Crippen molar-refractivity contribution in [3.63, 3.8) is 0 Å². The Balaban J connectivity index is 1.76. The van der Waals surface area contributed by atoms with Crippen molar-refractivity contribution in [1.82, 2.24) is 0 Å². The molecule has 2 aromatic carbocycles. The molecule has 0 bridgehead atoms. The zero-order valence-corrected chi connectivity index (χ0v) is 12.5. The largest absolute Gasteiger partial charge is 0.497 e. The van der Waals surface area contributed by atoms with Crippen molar-refractivity contribution in [1.29, 1.82) is 0 Å². The molecule has 1 aliphatic heterocycles. The van der Waals surface area contributed by atoms with E-state index in [4.69, 9.17) is 4.74 Å². The van der Waals surface area contributed by atoms with Gasteiger partial charge in [-0.3, -0.25) is 15.0 Å². The first-order valence-electron chi connectivity index (χ1n) is 7.08. The lowest BCUT2D eigenvalue weighted by Gasteiger charge is -2.18. The Bertz CT molecular complexity index is 758. The van der Waals surface area contributed by atoms with Crippen molar-refractivity contribution in [2.45, 2.75) is 6.42 Å². The number of carbonyl (C=O) groups excluding carboxylic acids is 1. The van der Waals surface area contributed by atoms with Crippen LogP contribution in [0.3, 0.4) is 0 Å². The maximum absolute atomic E-state index is 12.4. The number of benzene rings is 2. The van der Waals surface area contributed by atoms with Crippen molar-refractivity contribution in [2.75, 3.05) is 23.9 Å². The molecule has 3 rings (SSSR count). The molecule has 1 heterocycles. The fraction of sp³-hybridized carbons (Fsp3) is 0.188. The molecule has 0 radical (unpaired) electrons. The molecule has 118 valence electrons. The van der Waals surface area contributed by atoms with Gasteiger partial charge in [0.05, 0.1) is 12.0 Å². The highest BCUT2D eigenvalue weighted by atomic mass is 16.6. The lowest BCUT2D eigenvalue weighted by molar-refractivity contribution is -0.384. The minimum absolute atomic E-state index is 0.0427. The van der Waals surface area contributed by atoms with Crippen LogP contribution in [0.15, 0.2) is 42.5 Å². The highest BCUT2D eigenvalue weighted by Crippen LogP contribution is 2.31. The van der Waals surface area contributed by atoms with Crippen LogP contribution < -0.4 is 15.0 Å². The maximum Gasteiger partial charge on any atom is 0.326 e. The summed E-state index contributed by atoms with van der Waals surface area (Å²) in [7, 11) is 1.58. The standard InChI is InChI=1S/C16H15N3O4/c1-23-14-5-2-12(3-6-14)17-16(20)18-9-8-11-10-13(19(21)22)4-7-15(11)18/h2-7,10H,8-9H2,1H3,(H,17,20). The molecule has 0 spiro atoms. The first kappa shape index (κ1) is 14.8. The second-order valence-corrected chi connectivity index (χ2v) is 5.13. The summed E-state index contributed by atoms with van der Waals surface area (Å²) in [5, 5.41) is 13.6. The first-order chi connectivity index (χ1) is 11.1. The molecule has 0 unspecified atom stereocenters. The molecule has 7 nitrogen and oxygen atoms in total. The van der Waals surface area contributed by atoms with Gasteiger partial charge in [0.1, 0.15) is 5.75 Å². The molecule has 0 atom stereocenters. The topological polar surface area (TPSA) is 84.7 Å². The highest BCUT2D eigenvalue weighted by Gasteiger charge is 2.26. The maximum atomic E-state index is 12.4. The van der Waals surface area contributed by atoms with Crippen LogP contribution in [-0.2, 0) is 6.42 Å². The molecule has 0 aromatic heterocycles. The number of methoxy groups -OCH3 is 1. The number of urea groups is 1. The number of amides is 2. The number of carbonyl (C=O) groups is 1. The number of ether oxygens (including phenoxy) is 1. The highest BCUT2D eigenvalue weighted by molar-refractivity contribution is 6.03. The normalized spacial score (nSPS) is 12.7. The summed E-state index contributed by atoms with van der Waals surface area (Å²) in [4.78, 5) is 24.4. The number of rotatable bonds is 3. The SMILES string of the molecule is COc1ccc(NC(=O)N2CCc3cc([N+](=O)[O-])ccc32)cc1. The van der Waals surface area contributed by atoms with Gasteiger partial charge in [-0.2, -0.15) is 0 Å². The summed E-state index contributed by atoms with van der Waals surface area (Å²) in [6.07, 6.45) is 0.604. The van der Waals surface area contributed by atoms with Gasteiger partial charge in [-0.1, -0.05) is 0 Å². The average Bonchev–Trinajstić information content (AvgIpc) is 2.98. The van der Waals surface area contributed by atoms with Gasteiger partial charge in [-0.05, 0) is 42.3 Å². The lowest BCUT2D eigenvalue weighted by atomic mass is 10.1. The van der Waals surface area contributed by atoms with Gasteiger partial charge in [0, 0.05) is 30.1 Å². The van der Waals surface area contributed by atoms with Crippen molar-refractivity contribution in [3.05, 3.63) is 58.1 Å². The van der Waals surface area contributed by atoms with E-state index in [0.29, 0.717) is 30.1 Å². The number of non-ortho nitro benzene ring substituents is 1. The Morgan fingerprint density at radius 1 is 1.26 bits per heavy atom. The molecule has 2 amide bonds. The minimum atomic E-state index is -0.430. The van der Waals surface area contributed by atoms with Crippen LogP contribution in [0.25, 0.3) is 0 Å². The Morgan fingerprint density at radius 2 is 2.00 bits per heavy atom. The van der Waals surface area contributed by atoms with Crippen LogP contribution >= 0.6 is 0 Å². The van der Waals surface area contributed by atoms with Crippen molar-refractivity contribution < 1.29 is 14.5 Å². The van der Waals surface area contributed by atoms with Gasteiger partial charge in [0.15, 0.2) is 0 Å². The molecule has 7 heteroatoms. The van der Waals surface area contributed by atoms with E-state index in [0.717, 1.165) is 5.56 Å². The van der Waals surface area contributed by atoms with Crippen molar-refractivity contribution >= 4 is 23.1 Å². The summed E-state index contributed by atoms with van der Waals surface area (Å²) in [5.74, 6) is 0.710. The summed E-state index contributed by atoms with van der Waals surface area (Å²) in [6, 6.07) is 11.3. The van der Waals surface area contributed by atoms with Gasteiger partial charge in [0.2, 0.25) is 0 Å². The van der Waals surface area contributed by atoms with Crippen LogP contribution in [0.4, 0.5) is 21.9 Å². The third-order valence-electron chi connectivity index (χ3n) is 3.76. The molecule has 23 heavy (non-hydrogen) atoms. The number of nitro benzene ring substituents is 1. The molecule has 1 aliphatic rings.